The van der Waals surface area contributed by atoms with Crippen LogP contribution in [0.25, 0.3) is 0 Å². The molecule has 1 aromatic carbocycles. The third kappa shape index (κ3) is 3.36. The highest BCUT2D eigenvalue weighted by molar-refractivity contribution is 7.92. The number of nitrogens with one attached hydrogen (secondary N) is 1. The van der Waals surface area contributed by atoms with Gasteiger partial charge in [0.1, 0.15) is 10.6 Å². The molecule has 0 aliphatic rings. The summed E-state index contributed by atoms with van der Waals surface area (Å²) >= 11 is 0. The molecule has 21 heavy (non-hydrogen) atoms. The van der Waals surface area contributed by atoms with Crippen LogP contribution in [0, 0.1) is 6.92 Å². The Balaban J connectivity index is 2.28. The molecule has 0 saturated carbocycles. The molecular weight excluding hydrogens is 290 g/mol. The van der Waals surface area contributed by atoms with Crippen molar-refractivity contribution in [3.05, 3.63) is 36.2 Å². The molecule has 0 saturated heterocycles. The van der Waals surface area contributed by atoms with Gasteiger partial charge < -0.3 is 4.74 Å². The zero-order valence-corrected chi connectivity index (χ0v) is 13.3. The summed E-state index contributed by atoms with van der Waals surface area (Å²) in [6, 6.07) is 5.27. The van der Waals surface area contributed by atoms with Crippen molar-refractivity contribution < 1.29 is 13.2 Å². The fraction of sp³-hybridized carbons (Fsp3) is 0.357. The lowest BCUT2D eigenvalue weighted by Gasteiger charge is -2.10. The zero-order chi connectivity index (χ0) is 15.6. The smallest absolute Gasteiger partial charge is 0.265 e. The van der Waals surface area contributed by atoms with E-state index in [1.54, 1.807) is 30.0 Å². The minimum absolute atomic E-state index is 0.108. The highest BCUT2D eigenvalue weighted by Crippen LogP contribution is 2.24. The Hall–Kier alpha value is -2.02. The van der Waals surface area contributed by atoms with E-state index in [4.69, 9.17) is 4.74 Å². The van der Waals surface area contributed by atoms with Gasteiger partial charge in [-0.1, -0.05) is 0 Å². The molecule has 1 heterocycles. The van der Waals surface area contributed by atoms with Crippen molar-refractivity contribution in [1.82, 2.24) is 9.78 Å². The van der Waals surface area contributed by atoms with Crippen molar-refractivity contribution in [1.29, 1.82) is 0 Å². The van der Waals surface area contributed by atoms with E-state index in [1.165, 1.54) is 12.4 Å². The maximum Gasteiger partial charge on any atom is 0.265 e. The molecule has 0 radical (unpaired) electrons. The molecule has 6 nitrogen and oxygen atoms in total. The van der Waals surface area contributed by atoms with Gasteiger partial charge in [0, 0.05) is 12.2 Å². The molecule has 0 fully saturated rings. The largest absolute Gasteiger partial charge is 0.497 e. The molecular formula is C14H19N3O3S. The molecule has 2 aromatic rings. The van der Waals surface area contributed by atoms with E-state index in [9.17, 15) is 8.42 Å². The average molecular weight is 309 g/mol. The molecule has 2 rings (SSSR count). The van der Waals surface area contributed by atoms with Gasteiger partial charge in [-0.3, -0.25) is 9.40 Å². The predicted octanol–water partition coefficient (Wildman–Crippen LogP) is 2.58. The first-order chi connectivity index (χ1) is 9.83. The second kappa shape index (κ2) is 5.77. The summed E-state index contributed by atoms with van der Waals surface area (Å²) in [6.07, 6.45) is 2.87. The lowest BCUT2D eigenvalue weighted by Crippen LogP contribution is -2.13. The summed E-state index contributed by atoms with van der Waals surface area (Å²) in [7, 11) is -2.07. The number of ether oxygens (including phenoxy) is 1. The van der Waals surface area contributed by atoms with Crippen LogP contribution in [0.2, 0.25) is 0 Å². The summed E-state index contributed by atoms with van der Waals surface area (Å²) in [5, 5.41) is 4.05. The Morgan fingerprint density at radius 1 is 1.33 bits per heavy atom. The maximum atomic E-state index is 12.3. The Morgan fingerprint density at radius 2 is 2.05 bits per heavy atom. The quantitative estimate of drug-likeness (QED) is 0.921. The van der Waals surface area contributed by atoms with E-state index in [-0.39, 0.29) is 10.9 Å². The van der Waals surface area contributed by atoms with Gasteiger partial charge in [0.2, 0.25) is 0 Å². The number of hydrogen-bond acceptors (Lipinski definition) is 4. The van der Waals surface area contributed by atoms with E-state index in [1.807, 2.05) is 20.8 Å². The predicted molar refractivity (Wildman–Crippen MR) is 81.2 cm³/mol. The van der Waals surface area contributed by atoms with Crippen molar-refractivity contribution in [2.24, 2.45) is 0 Å². The number of nitrogens with zero attached hydrogens (tertiary/aromatic N) is 2. The van der Waals surface area contributed by atoms with E-state index in [2.05, 4.69) is 9.82 Å². The minimum atomic E-state index is -3.64. The van der Waals surface area contributed by atoms with Gasteiger partial charge >= 0.3 is 0 Å². The number of benzene rings is 1. The number of methoxy groups -OCH3 is 1. The van der Waals surface area contributed by atoms with Gasteiger partial charge in [-0.05, 0) is 44.5 Å². The molecule has 0 aliphatic carbocycles. The first-order valence-electron chi connectivity index (χ1n) is 6.55. The van der Waals surface area contributed by atoms with Gasteiger partial charge in [-0.15, -0.1) is 0 Å². The van der Waals surface area contributed by atoms with Crippen LogP contribution < -0.4 is 9.46 Å². The Bertz CT molecular complexity index is 736. The molecule has 7 heteroatoms. The average Bonchev–Trinajstić information content (AvgIpc) is 2.91. The fourth-order valence-electron chi connectivity index (χ4n) is 1.82. The molecule has 0 spiro atoms. The molecule has 0 amide bonds. The molecule has 0 unspecified atom stereocenters. The van der Waals surface area contributed by atoms with Crippen LogP contribution in [-0.2, 0) is 10.0 Å². The number of rotatable bonds is 5. The van der Waals surface area contributed by atoms with Gasteiger partial charge in [0.05, 0.1) is 19.0 Å². The molecule has 0 atom stereocenters. The lowest BCUT2D eigenvalue weighted by molar-refractivity contribution is 0.414. The fourth-order valence-corrected chi connectivity index (χ4v) is 2.89. The van der Waals surface area contributed by atoms with E-state index in [0.717, 1.165) is 5.56 Å². The van der Waals surface area contributed by atoms with Gasteiger partial charge in [0.25, 0.3) is 10.0 Å². The topological polar surface area (TPSA) is 73.2 Å². The van der Waals surface area contributed by atoms with E-state index < -0.39 is 10.0 Å². The van der Waals surface area contributed by atoms with Gasteiger partial charge in [0.15, 0.2) is 0 Å². The molecule has 1 N–H and O–H groups in total. The second-order valence-corrected chi connectivity index (χ2v) is 6.72. The first-order valence-corrected chi connectivity index (χ1v) is 8.03. The number of hydrogen-bond donors (Lipinski definition) is 1. The monoisotopic (exact) mass is 309 g/mol. The van der Waals surface area contributed by atoms with Crippen LogP contribution >= 0.6 is 0 Å². The van der Waals surface area contributed by atoms with Crippen LogP contribution in [0.4, 0.5) is 5.69 Å². The molecule has 114 valence electrons. The Labute approximate surface area is 124 Å². The van der Waals surface area contributed by atoms with Crippen molar-refractivity contribution in [3.63, 3.8) is 0 Å². The minimum Gasteiger partial charge on any atom is -0.497 e. The normalized spacial score (nSPS) is 11.7. The summed E-state index contributed by atoms with van der Waals surface area (Å²) in [5.41, 5.74) is 1.31. The third-order valence-corrected chi connectivity index (χ3v) is 4.42. The van der Waals surface area contributed by atoms with Crippen LogP contribution in [-0.4, -0.2) is 25.3 Å². The van der Waals surface area contributed by atoms with Crippen LogP contribution in [0.5, 0.6) is 5.75 Å². The van der Waals surface area contributed by atoms with E-state index in [0.29, 0.717) is 11.4 Å². The Kier molecular flexibility index (Phi) is 4.22. The first kappa shape index (κ1) is 15.4. The zero-order valence-electron chi connectivity index (χ0n) is 12.5. The summed E-state index contributed by atoms with van der Waals surface area (Å²) < 4.78 is 34.0. The van der Waals surface area contributed by atoms with E-state index >= 15 is 0 Å². The van der Waals surface area contributed by atoms with Crippen molar-refractivity contribution in [2.75, 3.05) is 11.8 Å². The van der Waals surface area contributed by atoms with Gasteiger partial charge in [-0.25, -0.2) is 8.42 Å². The van der Waals surface area contributed by atoms with Crippen molar-refractivity contribution >= 4 is 15.7 Å². The second-order valence-electron chi connectivity index (χ2n) is 5.04. The summed E-state index contributed by atoms with van der Waals surface area (Å²) in [5.74, 6) is 0.683. The summed E-state index contributed by atoms with van der Waals surface area (Å²) in [6.45, 7) is 5.69. The molecule has 0 aliphatic heterocycles. The number of aryl methyl sites for hydroxylation is 1. The maximum absolute atomic E-state index is 12.3. The third-order valence-electron chi connectivity index (χ3n) is 3.10. The van der Waals surface area contributed by atoms with Crippen LogP contribution in [0.3, 0.4) is 0 Å². The molecule has 0 bridgehead atoms. The van der Waals surface area contributed by atoms with Crippen molar-refractivity contribution in [2.45, 2.75) is 31.7 Å². The summed E-state index contributed by atoms with van der Waals surface area (Å²) in [4.78, 5) is 0.145. The highest BCUT2D eigenvalue weighted by atomic mass is 32.2. The SMILES string of the molecule is COc1ccc(NS(=O)(=O)c2cnn(C(C)C)c2)c(C)c1. The standard InChI is InChI=1S/C14H19N3O3S/c1-10(2)17-9-13(8-15-17)21(18,19)16-14-6-5-12(20-4)7-11(14)3/h5-10,16H,1-4H3. The number of anilines is 1. The molecule has 1 aromatic heterocycles. The lowest BCUT2D eigenvalue weighted by atomic mass is 10.2. The van der Waals surface area contributed by atoms with Gasteiger partial charge in [-0.2, -0.15) is 5.10 Å². The number of sulfonamides is 1. The van der Waals surface area contributed by atoms with Crippen LogP contribution in [0.15, 0.2) is 35.5 Å². The van der Waals surface area contributed by atoms with Crippen LogP contribution in [0.1, 0.15) is 25.5 Å². The Morgan fingerprint density at radius 3 is 2.57 bits per heavy atom. The highest BCUT2D eigenvalue weighted by Gasteiger charge is 2.18. The van der Waals surface area contributed by atoms with Crippen molar-refractivity contribution in [3.8, 4) is 5.75 Å². The number of aromatic nitrogens is 2.